The molecule has 5 heteroatoms. The first kappa shape index (κ1) is 23.6. The molecule has 0 aromatic heterocycles. The molecule has 2 unspecified atom stereocenters. The van der Waals surface area contributed by atoms with Gasteiger partial charge in [-0.25, -0.2) is 0 Å². The molecule has 0 aromatic carbocycles. The Morgan fingerprint density at radius 3 is 2.55 bits per heavy atom. The van der Waals surface area contributed by atoms with Crippen molar-refractivity contribution in [2.75, 3.05) is 0 Å². The second-order valence-electron chi connectivity index (χ2n) is 9.83. The van der Waals surface area contributed by atoms with E-state index in [1.165, 1.54) is 12.5 Å². The molecule has 3 aliphatic carbocycles. The van der Waals surface area contributed by atoms with Gasteiger partial charge in [0.1, 0.15) is 5.78 Å². The summed E-state index contributed by atoms with van der Waals surface area (Å²) in [5, 5.41) is 8.82. The number of rotatable bonds is 7. The summed E-state index contributed by atoms with van der Waals surface area (Å²) in [4.78, 5) is 34.4. The third-order valence-corrected chi connectivity index (χ3v) is 7.25. The summed E-state index contributed by atoms with van der Waals surface area (Å²) in [7, 11) is 0. The molecular weight excluding hydrogens is 392 g/mol. The summed E-state index contributed by atoms with van der Waals surface area (Å²) in [5.74, 6) is 7.60. The van der Waals surface area contributed by atoms with Crippen LogP contribution in [0.5, 0.6) is 0 Å². The molecule has 0 spiro atoms. The third kappa shape index (κ3) is 6.45. The lowest BCUT2D eigenvalue weighted by Crippen LogP contribution is -2.35. The van der Waals surface area contributed by atoms with Crippen LogP contribution in [0.4, 0.5) is 0 Å². The van der Waals surface area contributed by atoms with Crippen molar-refractivity contribution in [1.82, 2.24) is 0 Å². The minimum Gasteiger partial charge on any atom is -0.481 e. The minimum atomic E-state index is -0.742. The number of carbonyl (C=O) groups excluding carboxylic acids is 2. The third-order valence-electron chi connectivity index (χ3n) is 7.25. The predicted octanol–water partition coefficient (Wildman–Crippen LogP) is 5.08. The van der Waals surface area contributed by atoms with Gasteiger partial charge in [-0.1, -0.05) is 29.9 Å². The lowest BCUT2D eigenvalue weighted by atomic mass is 9.81. The molecule has 31 heavy (non-hydrogen) atoms. The number of ether oxygens (including phenoxy) is 1. The first-order valence-electron chi connectivity index (χ1n) is 11.9. The average Bonchev–Trinajstić information content (AvgIpc) is 3.20. The van der Waals surface area contributed by atoms with E-state index >= 15 is 0 Å². The Morgan fingerprint density at radius 1 is 1.16 bits per heavy atom. The number of carbonyl (C=O) groups is 3. The quantitative estimate of drug-likeness (QED) is 0.265. The van der Waals surface area contributed by atoms with Gasteiger partial charge < -0.3 is 14.6 Å². The standard InChI is InChI=1S/C26H36O5/c1-18(27)14-21-17-22-15-20(8-4-5-9-25(29)30)16-24(22)23(21)10-13-26(31-19(2)28)11-6-3-7-12-26/h8,21-24H,3-7,9,11-12,14-17H2,1-2H3,(H,29,30)/b20-8-/t21-,22?,23-,24?/m0/s1. The van der Waals surface area contributed by atoms with Crippen LogP contribution >= 0.6 is 0 Å². The van der Waals surface area contributed by atoms with Gasteiger partial charge in [0.15, 0.2) is 5.60 Å². The summed E-state index contributed by atoms with van der Waals surface area (Å²) in [5.41, 5.74) is 0.762. The Balaban J connectivity index is 1.75. The maximum Gasteiger partial charge on any atom is 0.304 e. The summed E-state index contributed by atoms with van der Waals surface area (Å²) in [6.07, 6.45) is 12.4. The fourth-order valence-corrected chi connectivity index (χ4v) is 6.00. The van der Waals surface area contributed by atoms with E-state index in [0.717, 1.165) is 57.8 Å². The molecule has 3 saturated carbocycles. The molecule has 3 rings (SSSR count). The fraction of sp³-hybridized carbons (Fsp3) is 0.731. The molecule has 0 amide bonds. The molecule has 5 nitrogen and oxygen atoms in total. The fourth-order valence-electron chi connectivity index (χ4n) is 6.00. The number of carboxylic acids is 1. The Bertz CT molecular complexity index is 777. The van der Waals surface area contributed by atoms with E-state index in [9.17, 15) is 14.4 Å². The van der Waals surface area contributed by atoms with Gasteiger partial charge in [-0.15, -0.1) is 0 Å². The Morgan fingerprint density at radius 2 is 1.90 bits per heavy atom. The Labute approximate surface area is 186 Å². The van der Waals surface area contributed by atoms with Crippen LogP contribution < -0.4 is 0 Å². The highest BCUT2D eigenvalue weighted by Crippen LogP contribution is 2.53. The van der Waals surface area contributed by atoms with E-state index in [-0.39, 0.29) is 30.0 Å². The number of esters is 1. The van der Waals surface area contributed by atoms with Gasteiger partial charge >= 0.3 is 11.9 Å². The van der Waals surface area contributed by atoms with Crippen molar-refractivity contribution in [3.63, 3.8) is 0 Å². The number of Topliss-reactive ketones (excluding diaryl/α,β-unsaturated/α-hetero) is 1. The molecule has 0 aliphatic heterocycles. The molecule has 0 aromatic rings. The highest BCUT2D eigenvalue weighted by atomic mass is 16.6. The van der Waals surface area contributed by atoms with Crippen LogP contribution in [0, 0.1) is 35.5 Å². The number of unbranched alkanes of at least 4 members (excludes halogenated alkanes) is 1. The van der Waals surface area contributed by atoms with Crippen molar-refractivity contribution in [2.24, 2.45) is 23.7 Å². The van der Waals surface area contributed by atoms with E-state index < -0.39 is 11.6 Å². The number of ketones is 1. The van der Waals surface area contributed by atoms with Crippen LogP contribution in [-0.2, 0) is 19.1 Å². The smallest absolute Gasteiger partial charge is 0.304 e. The van der Waals surface area contributed by atoms with Gasteiger partial charge in [0, 0.05) is 25.7 Å². The topological polar surface area (TPSA) is 80.7 Å². The molecule has 0 heterocycles. The zero-order valence-corrected chi connectivity index (χ0v) is 19.0. The molecule has 1 N–H and O–H groups in total. The van der Waals surface area contributed by atoms with Crippen LogP contribution in [0.1, 0.15) is 90.9 Å². The molecular formula is C26H36O5. The van der Waals surface area contributed by atoms with E-state index in [4.69, 9.17) is 9.84 Å². The average molecular weight is 429 g/mol. The van der Waals surface area contributed by atoms with Crippen LogP contribution in [0.25, 0.3) is 0 Å². The van der Waals surface area contributed by atoms with Crippen molar-refractivity contribution in [1.29, 1.82) is 0 Å². The van der Waals surface area contributed by atoms with Gasteiger partial charge in [-0.2, -0.15) is 0 Å². The second-order valence-corrected chi connectivity index (χ2v) is 9.83. The van der Waals surface area contributed by atoms with Crippen molar-refractivity contribution in [2.45, 2.75) is 96.5 Å². The number of aliphatic carboxylic acids is 1. The van der Waals surface area contributed by atoms with E-state index in [1.54, 1.807) is 6.92 Å². The molecule has 0 saturated heterocycles. The zero-order valence-electron chi connectivity index (χ0n) is 19.0. The van der Waals surface area contributed by atoms with Gasteiger partial charge in [-0.3, -0.25) is 9.59 Å². The van der Waals surface area contributed by atoms with Gasteiger partial charge in [0.05, 0.1) is 0 Å². The van der Waals surface area contributed by atoms with Crippen LogP contribution in [-0.4, -0.2) is 28.4 Å². The zero-order chi connectivity index (χ0) is 22.4. The number of hydrogen-bond donors (Lipinski definition) is 1. The molecule has 3 fully saturated rings. The highest BCUT2D eigenvalue weighted by molar-refractivity contribution is 5.75. The van der Waals surface area contributed by atoms with Crippen molar-refractivity contribution in [3.8, 4) is 11.8 Å². The summed E-state index contributed by atoms with van der Waals surface area (Å²) in [6, 6.07) is 0. The first-order chi connectivity index (χ1) is 14.8. The van der Waals surface area contributed by atoms with Crippen LogP contribution in [0.3, 0.4) is 0 Å². The molecule has 0 radical (unpaired) electrons. The minimum absolute atomic E-state index is 0.160. The highest BCUT2D eigenvalue weighted by Gasteiger charge is 2.46. The van der Waals surface area contributed by atoms with Gasteiger partial charge in [0.2, 0.25) is 0 Å². The second kappa shape index (κ2) is 10.5. The molecule has 170 valence electrons. The monoisotopic (exact) mass is 428 g/mol. The van der Waals surface area contributed by atoms with Crippen LogP contribution in [0.15, 0.2) is 11.6 Å². The van der Waals surface area contributed by atoms with E-state index in [0.29, 0.717) is 24.7 Å². The van der Waals surface area contributed by atoms with E-state index in [1.807, 2.05) is 0 Å². The van der Waals surface area contributed by atoms with Crippen molar-refractivity contribution in [3.05, 3.63) is 11.6 Å². The Hall–Kier alpha value is -2.09. The molecule has 3 aliphatic rings. The summed E-state index contributed by atoms with van der Waals surface area (Å²) in [6.45, 7) is 3.12. The van der Waals surface area contributed by atoms with Gasteiger partial charge in [-0.05, 0) is 82.5 Å². The number of fused-ring (bicyclic) bond motifs is 1. The number of allylic oxidation sites excluding steroid dienone is 2. The lowest BCUT2D eigenvalue weighted by Gasteiger charge is -2.32. The van der Waals surface area contributed by atoms with Gasteiger partial charge in [0.25, 0.3) is 0 Å². The largest absolute Gasteiger partial charge is 0.481 e. The van der Waals surface area contributed by atoms with E-state index in [2.05, 4.69) is 17.9 Å². The normalized spacial score (nSPS) is 30.3. The lowest BCUT2D eigenvalue weighted by molar-refractivity contribution is -0.153. The Kier molecular flexibility index (Phi) is 7.97. The van der Waals surface area contributed by atoms with Crippen molar-refractivity contribution >= 4 is 17.7 Å². The SMILES string of the molecule is CC(=O)C[C@H]1CC2C/C(=C/CCCC(=O)O)CC2[C@H]1C#CC1(OC(C)=O)CCCCC1. The maximum atomic E-state index is 11.9. The predicted molar refractivity (Wildman–Crippen MR) is 118 cm³/mol. The first-order valence-corrected chi connectivity index (χ1v) is 11.9. The maximum absolute atomic E-state index is 11.9. The number of carboxylic acid groups (broad SMARTS) is 1. The van der Waals surface area contributed by atoms with Crippen molar-refractivity contribution < 1.29 is 24.2 Å². The van der Waals surface area contributed by atoms with Crippen LogP contribution in [0.2, 0.25) is 0 Å². The summed E-state index contributed by atoms with van der Waals surface area (Å²) < 4.78 is 5.73. The number of hydrogen-bond acceptors (Lipinski definition) is 4. The summed E-state index contributed by atoms with van der Waals surface area (Å²) >= 11 is 0. The molecule has 4 atom stereocenters. The molecule has 0 bridgehead atoms.